The molecule has 4 nitrogen and oxygen atoms in total. The van der Waals surface area contributed by atoms with E-state index in [2.05, 4.69) is 49.5 Å². The topological polar surface area (TPSA) is 42.2 Å². The molecule has 0 aliphatic carbocycles. The van der Waals surface area contributed by atoms with Gasteiger partial charge >= 0.3 is 0 Å². The van der Waals surface area contributed by atoms with Crippen LogP contribution in [0.15, 0.2) is 23.2 Å². The second-order valence-electron chi connectivity index (χ2n) is 5.96. The Morgan fingerprint density at radius 2 is 1.95 bits per heavy atom. The highest BCUT2D eigenvalue weighted by atomic mass is 79.9. The van der Waals surface area contributed by atoms with E-state index in [1.54, 1.807) is 6.20 Å². The van der Waals surface area contributed by atoms with Gasteiger partial charge in [0.2, 0.25) is 0 Å². The Morgan fingerprint density at radius 3 is 2.76 bits per heavy atom. The van der Waals surface area contributed by atoms with Crippen molar-refractivity contribution >= 4 is 21.6 Å². The lowest BCUT2D eigenvalue weighted by Crippen LogP contribution is -2.15. The maximum absolute atomic E-state index is 4.36. The molecule has 1 N–H and O–H groups in total. The standard InChI is InChI=1S/C16H25BrN4/c1-13(2)7-5-3-4-6-8-18-9-14-10-20-16-11-19-15(17)12-21(14)16/h10-13,18H,3-9H2,1-2H3. The highest BCUT2D eigenvalue weighted by Gasteiger charge is 2.03. The number of nitrogens with zero attached hydrogens (tertiary/aromatic N) is 3. The molecule has 5 heteroatoms. The molecule has 2 heterocycles. The van der Waals surface area contributed by atoms with Crippen molar-refractivity contribution in [2.45, 2.75) is 52.5 Å². The number of rotatable bonds is 9. The summed E-state index contributed by atoms with van der Waals surface area (Å²) in [6.45, 7) is 6.52. The Morgan fingerprint density at radius 1 is 1.14 bits per heavy atom. The van der Waals surface area contributed by atoms with Gasteiger partial charge in [-0.2, -0.15) is 0 Å². The maximum Gasteiger partial charge on any atom is 0.155 e. The molecule has 0 aliphatic heterocycles. The van der Waals surface area contributed by atoms with E-state index in [9.17, 15) is 0 Å². The molecule has 0 radical (unpaired) electrons. The van der Waals surface area contributed by atoms with E-state index in [0.29, 0.717) is 0 Å². The van der Waals surface area contributed by atoms with Crippen LogP contribution < -0.4 is 5.32 Å². The van der Waals surface area contributed by atoms with Gasteiger partial charge in [-0.25, -0.2) is 9.97 Å². The van der Waals surface area contributed by atoms with Crippen LogP contribution in [0.2, 0.25) is 0 Å². The fraction of sp³-hybridized carbons (Fsp3) is 0.625. The van der Waals surface area contributed by atoms with E-state index >= 15 is 0 Å². The van der Waals surface area contributed by atoms with Gasteiger partial charge in [0.15, 0.2) is 5.65 Å². The van der Waals surface area contributed by atoms with E-state index in [1.807, 2.05) is 12.4 Å². The van der Waals surface area contributed by atoms with Crippen molar-refractivity contribution in [3.63, 3.8) is 0 Å². The fourth-order valence-corrected chi connectivity index (χ4v) is 2.73. The van der Waals surface area contributed by atoms with Crippen LogP contribution in [-0.2, 0) is 6.54 Å². The van der Waals surface area contributed by atoms with Gasteiger partial charge in [-0.15, -0.1) is 0 Å². The number of halogens is 1. The Balaban J connectivity index is 1.65. The van der Waals surface area contributed by atoms with E-state index in [0.717, 1.165) is 29.3 Å². The van der Waals surface area contributed by atoms with Crippen molar-refractivity contribution < 1.29 is 0 Å². The molecule has 0 spiro atoms. The summed E-state index contributed by atoms with van der Waals surface area (Å²) < 4.78 is 2.91. The molecule has 0 bridgehead atoms. The van der Waals surface area contributed by atoms with E-state index in [4.69, 9.17) is 0 Å². The van der Waals surface area contributed by atoms with Gasteiger partial charge in [-0.3, -0.25) is 4.40 Å². The van der Waals surface area contributed by atoms with Gasteiger partial charge in [-0.1, -0.05) is 39.5 Å². The number of unbranched alkanes of at least 4 members (excludes halogenated alkanes) is 3. The van der Waals surface area contributed by atoms with Crippen molar-refractivity contribution in [3.8, 4) is 0 Å². The smallest absolute Gasteiger partial charge is 0.155 e. The molecule has 0 aromatic carbocycles. The molecule has 21 heavy (non-hydrogen) atoms. The highest BCUT2D eigenvalue weighted by Crippen LogP contribution is 2.11. The van der Waals surface area contributed by atoms with Crippen LogP contribution in [0.1, 0.15) is 51.6 Å². The summed E-state index contributed by atoms with van der Waals surface area (Å²) in [6, 6.07) is 0. The summed E-state index contributed by atoms with van der Waals surface area (Å²) in [5.74, 6) is 0.840. The minimum absolute atomic E-state index is 0.833. The first-order valence-electron chi connectivity index (χ1n) is 7.85. The largest absolute Gasteiger partial charge is 0.311 e. The summed E-state index contributed by atoms with van der Waals surface area (Å²) in [5.41, 5.74) is 2.07. The summed E-state index contributed by atoms with van der Waals surface area (Å²) in [4.78, 5) is 8.54. The SMILES string of the molecule is CC(C)CCCCCCNCc1cnc2cnc(Br)cn12. The third-order valence-electron chi connectivity index (χ3n) is 3.63. The second-order valence-corrected chi connectivity index (χ2v) is 6.77. The molecule has 0 atom stereocenters. The molecule has 116 valence electrons. The molecule has 2 aromatic heterocycles. The lowest BCUT2D eigenvalue weighted by Gasteiger charge is -2.06. The van der Waals surface area contributed by atoms with Crippen LogP contribution >= 0.6 is 15.9 Å². The highest BCUT2D eigenvalue weighted by molar-refractivity contribution is 9.10. The van der Waals surface area contributed by atoms with Gasteiger partial charge < -0.3 is 5.32 Å². The summed E-state index contributed by atoms with van der Waals surface area (Å²) >= 11 is 3.40. The predicted octanol–water partition coefficient (Wildman–Crippen LogP) is 4.19. The van der Waals surface area contributed by atoms with Crippen LogP contribution in [0.3, 0.4) is 0 Å². The van der Waals surface area contributed by atoms with Crippen LogP contribution in [-0.4, -0.2) is 20.9 Å². The minimum atomic E-state index is 0.833. The summed E-state index contributed by atoms with van der Waals surface area (Å²) in [6.07, 6.45) is 12.3. The van der Waals surface area contributed by atoms with Crippen molar-refractivity contribution in [1.82, 2.24) is 19.7 Å². The number of nitrogens with one attached hydrogen (secondary N) is 1. The number of imidazole rings is 1. The molecule has 0 unspecified atom stereocenters. The van der Waals surface area contributed by atoms with E-state index < -0.39 is 0 Å². The molecule has 0 aliphatic rings. The number of hydrogen-bond acceptors (Lipinski definition) is 3. The first-order valence-corrected chi connectivity index (χ1v) is 8.64. The Kier molecular flexibility index (Phi) is 6.64. The normalized spacial score (nSPS) is 11.6. The Hall–Kier alpha value is -0.940. The van der Waals surface area contributed by atoms with Crippen LogP contribution in [0.4, 0.5) is 0 Å². The second kappa shape index (κ2) is 8.49. The number of aromatic nitrogens is 3. The maximum atomic E-state index is 4.36. The summed E-state index contributed by atoms with van der Waals surface area (Å²) in [5, 5.41) is 3.50. The lowest BCUT2D eigenvalue weighted by atomic mass is 10.0. The molecular weight excluding hydrogens is 328 g/mol. The zero-order chi connectivity index (χ0) is 15.1. The molecule has 2 rings (SSSR count). The van der Waals surface area contributed by atoms with Gasteiger partial charge in [0.05, 0.1) is 18.1 Å². The molecule has 0 saturated carbocycles. The quantitative estimate of drug-likeness (QED) is 0.688. The number of hydrogen-bond donors (Lipinski definition) is 1. The average molecular weight is 353 g/mol. The zero-order valence-electron chi connectivity index (χ0n) is 13.0. The summed E-state index contributed by atoms with van der Waals surface area (Å²) in [7, 11) is 0. The van der Waals surface area contributed by atoms with Crippen molar-refractivity contribution in [3.05, 3.63) is 28.9 Å². The van der Waals surface area contributed by atoms with E-state index in [-0.39, 0.29) is 0 Å². The lowest BCUT2D eigenvalue weighted by molar-refractivity contribution is 0.511. The molecule has 0 fully saturated rings. The monoisotopic (exact) mass is 352 g/mol. The first-order chi connectivity index (χ1) is 10.2. The minimum Gasteiger partial charge on any atom is -0.311 e. The van der Waals surface area contributed by atoms with Crippen molar-refractivity contribution in [2.75, 3.05) is 6.54 Å². The fourth-order valence-electron chi connectivity index (χ4n) is 2.42. The molecule has 2 aromatic rings. The van der Waals surface area contributed by atoms with Crippen molar-refractivity contribution in [1.29, 1.82) is 0 Å². The van der Waals surface area contributed by atoms with Gasteiger partial charge in [0.25, 0.3) is 0 Å². The Labute approximate surface area is 135 Å². The average Bonchev–Trinajstić information content (AvgIpc) is 2.84. The molecular formula is C16H25BrN4. The van der Waals surface area contributed by atoms with Gasteiger partial charge in [-0.05, 0) is 34.8 Å². The molecule has 0 saturated heterocycles. The third kappa shape index (κ3) is 5.40. The first kappa shape index (κ1) is 16.4. The van der Waals surface area contributed by atoms with Crippen LogP contribution in [0.25, 0.3) is 5.65 Å². The van der Waals surface area contributed by atoms with Crippen molar-refractivity contribution in [2.24, 2.45) is 5.92 Å². The van der Waals surface area contributed by atoms with Crippen LogP contribution in [0, 0.1) is 5.92 Å². The molecule has 0 amide bonds. The predicted molar refractivity (Wildman–Crippen MR) is 90.3 cm³/mol. The Bertz CT molecular complexity index is 550. The number of fused-ring (bicyclic) bond motifs is 1. The van der Waals surface area contributed by atoms with Crippen LogP contribution in [0.5, 0.6) is 0 Å². The van der Waals surface area contributed by atoms with Gasteiger partial charge in [0.1, 0.15) is 4.60 Å². The third-order valence-corrected chi connectivity index (χ3v) is 4.04. The zero-order valence-corrected chi connectivity index (χ0v) is 14.6. The van der Waals surface area contributed by atoms with Gasteiger partial charge in [0, 0.05) is 12.7 Å². The van der Waals surface area contributed by atoms with E-state index in [1.165, 1.54) is 37.8 Å².